The molecule has 2 aromatic rings. The highest BCUT2D eigenvalue weighted by Crippen LogP contribution is 2.30. The average Bonchev–Trinajstić information content (AvgIpc) is 2.49. The van der Waals surface area contributed by atoms with Gasteiger partial charge in [0.15, 0.2) is 11.5 Å². The van der Waals surface area contributed by atoms with Crippen LogP contribution in [0.2, 0.25) is 0 Å². The molecule has 0 fully saturated rings. The standard InChI is InChI=1S/C16H17NO4/c1-3-21-12-9-7-11(8-10-12)17-16(19)13-5-4-6-14(20-2)15(13)18/h4-10,18H,3H2,1-2H3,(H,17,19). The summed E-state index contributed by atoms with van der Waals surface area (Å²) in [7, 11) is 1.43. The van der Waals surface area contributed by atoms with Crippen LogP contribution in [0.4, 0.5) is 5.69 Å². The number of phenols is 1. The first-order chi connectivity index (χ1) is 10.2. The van der Waals surface area contributed by atoms with Gasteiger partial charge in [-0.3, -0.25) is 4.79 Å². The predicted molar refractivity (Wildman–Crippen MR) is 80.2 cm³/mol. The van der Waals surface area contributed by atoms with Gasteiger partial charge in [0.25, 0.3) is 5.91 Å². The summed E-state index contributed by atoms with van der Waals surface area (Å²) in [5, 5.41) is 12.7. The quantitative estimate of drug-likeness (QED) is 0.887. The third-order valence-corrected chi connectivity index (χ3v) is 2.89. The van der Waals surface area contributed by atoms with Crippen LogP contribution >= 0.6 is 0 Å². The summed E-state index contributed by atoms with van der Waals surface area (Å²) in [5.74, 6) is 0.410. The molecule has 0 bridgehead atoms. The number of amides is 1. The van der Waals surface area contributed by atoms with E-state index in [4.69, 9.17) is 9.47 Å². The van der Waals surface area contributed by atoms with Crippen molar-refractivity contribution in [1.82, 2.24) is 0 Å². The molecule has 5 heteroatoms. The number of methoxy groups -OCH3 is 1. The number of ether oxygens (including phenoxy) is 2. The van der Waals surface area contributed by atoms with Crippen molar-refractivity contribution >= 4 is 11.6 Å². The number of phenolic OH excluding ortho intramolecular Hbond substituents is 1. The van der Waals surface area contributed by atoms with E-state index < -0.39 is 5.91 Å². The summed E-state index contributed by atoms with van der Waals surface area (Å²) >= 11 is 0. The molecule has 2 aromatic carbocycles. The first-order valence-electron chi connectivity index (χ1n) is 6.56. The molecule has 0 aliphatic carbocycles. The maximum absolute atomic E-state index is 12.2. The summed E-state index contributed by atoms with van der Waals surface area (Å²) in [5.41, 5.74) is 0.772. The fraction of sp³-hybridized carbons (Fsp3) is 0.188. The molecule has 5 nitrogen and oxygen atoms in total. The van der Waals surface area contributed by atoms with Gasteiger partial charge in [0.1, 0.15) is 5.75 Å². The fourth-order valence-corrected chi connectivity index (χ4v) is 1.87. The molecule has 0 aromatic heterocycles. The number of para-hydroxylation sites is 1. The number of nitrogens with one attached hydrogen (secondary N) is 1. The molecule has 110 valence electrons. The predicted octanol–water partition coefficient (Wildman–Crippen LogP) is 3.05. The van der Waals surface area contributed by atoms with Crippen LogP contribution in [-0.2, 0) is 0 Å². The third kappa shape index (κ3) is 3.45. The Kier molecular flexibility index (Phi) is 4.66. The van der Waals surface area contributed by atoms with Crippen molar-refractivity contribution in [3.05, 3.63) is 48.0 Å². The monoisotopic (exact) mass is 287 g/mol. The molecule has 21 heavy (non-hydrogen) atoms. The number of anilines is 1. The highest BCUT2D eigenvalue weighted by molar-refractivity contribution is 6.06. The van der Waals surface area contributed by atoms with Crippen molar-refractivity contribution in [2.24, 2.45) is 0 Å². The summed E-state index contributed by atoms with van der Waals surface area (Å²) in [6, 6.07) is 11.8. The summed E-state index contributed by atoms with van der Waals surface area (Å²) in [6.07, 6.45) is 0. The number of hydrogen-bond acceptors (Lipinski definition) is 4. The van der Waals surface area contributed by atoms with Gasteiger partial charge in [0.05, 0.1) is 19.3 Å². The minimum Gasteiger partial charge on any atom is -0.504 e. The number of carbonyl (C=O) groups excluding carboxylic acids is 1. The van der Waals surface area contributed by atoms with E-state index in [1.165, 1.54) is 13.2 Å². The minimum atomic E-state index is -0.407. The van der Waals surface area contributed by atoms with E-state index in [1.54, 1.807) is 36.4 Å². The molecular weight excluding hydrogens is 270 g/mol. The summed E-state index contributed by atoms with van der Waals surface area (Å²) in [4.78, 5) is 12.2. The lowest BCUT2D eigenvalue weighted by Gasteiger charge is -2.10. The van der Waals surface area contributed by atoms with Crippen LogP contribution < -0.4 is 14.8 Å². The Morgan fingerprint density at radius 2 is 1.90 bits per heavy atom. The van der Waals surface area contributed by atoms with Crippen molar-refractivity contribution < 1.29 is 19.4 Å². The maximum Gasteiger partial charge on any atom is 0.259 e. The van der Waals surface area contributed by atoms with E-state index in [1.807, 2.05) is 6.92 Å². The smallest absolute Gasteiger partial charge is 0.259 e. The van der Waals surface area contributed by atoms with E-state index >= 15 is 0 Å². The van der Waals surface area contributed by atoms with E-state index in [-0.39, 0.29) is 17.1 Å². The highest BCUT2D eigenvalue weighted by atomic mass is 16.5. The van der Waals surface area contributed by atoms with Gasteiger partial charge in [-0.25, -0.2) is 0 Å². The fourth-order valence-electron chi connectivity index (χ4n) is 1.87. The Morgan fingerprint density at radius 1 is 1.19 bits per heavy atom. The molecule has 1 amide bonds. The van der Waals surface area contributed by atoms with Crippen LogP contribution in [0, 0.1) is 0 Å². The van der Waals surface area contributed by atoms with Gasteiger partial charge < -0.3 is 19.9 Å². The Hall–Kier alpha value is -2.69. The lowest BCUT2D eigenvalue weighted by molar-refractivity contribution is 0.102. The second-order valence-corrected chi connectivity index (χ2v) is 4.27. The molecule has 0 saturated carbocycles. The molecule has 0 atom stereocenters. The lowest BCUT2D eigenvalue weighted by atomic mass is 10.1. The van der Waals surface area contributed by atoms with Gasteiger partial charge in [-0.1, -0.05) is 6.07 Å². The number of carbonyl (C=O) groups is 1. The van der Waals surface area contributed by atoms with Crippen molar-refractivity contribution in [2.45, 2.75) is 6.92 Å². The van der Waals surface area contributed by atoms with Crippen molar-refractivity contribution in [3.63, 3.8) is 0 Å². The van der Waals surface area contributed by atoms with Gasteiger partial charge in [-0.05, 0) is 43.3 Å². The molecule has 0 spiro atoms. The van der Waals surface area contributed by atoms with Crippen molar-refractivity contribution in [1.29, 1.82) is 0 Å². The van der Waals surface area contributed by atoms with E-state index in [0.29, 0.717) is 12.3 Å². The molecular formula is C16H17NO4. The summed E-state index contributed by atoms with van der Waals surface area (Å²) in [6.45, 7) is 2.49. The minimum absolute atomic E-state index is 0.156. The van der Waals surface area contributed by atoms with Crippen LogP contribution in [0.25, 0.3) is 0 Å². The van der Waals surface area contributed by atoms with Gasteiger partial charge in [0, 0.05) is 5.69 Å². The van der Waals surface area contributed by atoms with Gasteiger partial charge in [0.2, 0.25) is 0 Å². The molecule has 2 N–H and O–H groups in total. The second kappa shape index (κ2) is 6.65. The van der Waals surface area contributed by atoms with Gasteiger partial charge in [-0.15, -0.1) is 0 Å². The van der Waals surface area contributed by atoms with Gasteiger partial charge in [-0.2, -0.15) is 0 Å². The Morgan fingerprint density at radius 3 is 2.52 bits per heavy atom. The number of aromatic hydroxyl groups is 1. The molecule has 0 radical (unpaired) electrons. The first-order valence-corrected chi connectivity index (χ1v) is 6.56. The van der Waals surface area contributed by atoms with Gasteiger partial charge >= 0.3 is 0 Å². The van der Waals surface area contributed by atoms with Crippen LogP contribution in [-0.4, -0.2) is 24.7 Å². The SMILES string of the molecule is CCOc1ccc(NC(=O)c2cccc(OC)c2O)cc1. The molecule has 0 heterocycles. The first kappa shape index (κ1) is 14.7. The van der Waals surface area contributed by atoms with Crippen LogP contribution in [0.3, 0.4) is 0 Å². The Balaban J connectivity index is 2.14. The normalized spacial score (nSPS) is 10.0. The zero-order valence-electron chi connectivity index (χ0n) is 11.9. The molecule has 0 aliphatic rings. The van der Waals surface area contributed by atoms with E-state index in [2.05, 4.69) is 5.32 Å². The Labute approximate surface area is 123 Å². The third-order valence-electron chi connectivity index (χ3n) is 2.89. The number of rotatable bonds is 5. The second-order valence-electron chi connectivity index (χ2n) is 4.27. The molecule has 0 unspecified atom stereocenters. The van der Waals surface area contributed by atoms with Crippen LogP contribution in [0.5, 0.6) is 17.2 Å². The van der Waals surface area contributed by atoms with E-state index in [0.717, 1.165) is 5.75 Å². The largest absolute Gasteiger partial charge is 0.504 e. The van der Waals surface area contributed by atoms with Crippen LogP contribution in [0.1, 0.15) is 17.3 Å². The zero-order valence-corrected chi connectivity index (χ0v) is 11.9. The van der Waals surface area contributed by atoms with E-state index in [9.17, 15) is 9.90 Å². The highest BCUT2D eigenvalue weighted by Gasteiger charge is 2.14. The topological polar surface area (TPSA) is 67.8 Å². The van der Waals surface area contributed by atoms with Crippen LogP contribution in [0.15, 0.2) is 42.5 Å². The zero-order chi connectivity index (χ0) is 15.2. The Bertz CT molecular complexity index is 623. The van der Waals surface area contributed by atoms with Crippen molar-refractivity contribution in [2.75, 3.05) is 19.0 Å². The summed E-state index contributed by atoms with van der Waals surface area (Å²) < 4.78 is 10.3. The van der Waals surface area contributed by atoms with Crippen molar-refractivity contribution in [3.8, 4) is 17.2 Å². The number of benzene rings is 2. The average molecular weight is 287 g/mol. The number of hydrogen-bond donors (Lipinski definition) is 2. The molecule has 2 rings (SSSR count). The maximum atomic E-state index is 12.2. The molecule has 0 saturated heterocycles. The lowest BCUT2D eigenvalue weighted by Crippen LogP contribution is -2.12. The molecule has 0 aliphatic heterocycles.